The SMILES string of the molecule is CC(=O)Nc1ccc2c(c1)CC[C@@]21OC(=O)N(CC(=O)N(Cc2ccc(F)cc2)C(C)CN)C1=O. The summed E-state index contributed by atoms with van der Waals surface area (Å²) >= 11 is 0. The highest BCUT2D eigenvalue weighted by Crippen LogP contribution is 2.46. The Balaban J connectivity index is 1.54. The normalized spacial score (nSPS) is 19.5. The standard InChI is InChI=1S/C25H27FN4O5/c1-15(12-27)29(13-17-3-5-19(26)6-4-17)22(32)14-30-23(33)25(35-24(30)34)10-9-18-11-20(28-16(2)31)7-8-21(18)25/h3-8,11,15H,9-10,12-14,27H2,1-2H3,(H,28,31)/t15?,25-/m1/s1. The molecule has 3 N–H and O–H groups in total. The number of fused-ring (bicyclic) bond motifs is 2. The number of carbonyl (C=O) groups excluding carboxylic acids is 4. The van der Waals surface area contributed by atoms with Crippen LogP contribution >= 0.6 is 0 Å². The number of anilines is 1. The second-order valence-electron chi connectivity index (χ2n) is 8.87. The second kappa shape index (κ2) is 9.46. The molecular weight excluding hydrogens is 455 g/mol. The molecule has 10 heteroatoms. The lowest BCUT2D eigenvalue weighted by Gasteiger charge is -2.29. The van der Waals surface area contributed by atoms with Gasteiger partial charge >= 0.3 is 6.09 Å². The van der Waals surface area contributed by atoms with Gasteiger partial charge in [-0.1, -0.05) is 18.2 Å². The smallest absolute Gasteiger partial charge is 0.418 e. The first-order valence-electron chi connectivity index (χ1n) is 11.3. The molecule has 1 aliphatic carbocycles. The molecule has 4 rings (SSSR count). The first kappa shape index (κ1) is 24.3. The van der Waals surface area contributed by atoms with Crippen LogP contribution in [0.2, 0.25) is 0 Å². The van der Waals surface area contributed by atoms with Crippen molar-refractivity contribution in [2.24, 2.45) is 5.73 Å². The lowest BCUT2D eigenvalue weighted by Crippen LogP contribution is -2.48. The molecule has 2 aromatic rings. The number of hydrogen-bond acceptors (Lipinski definition) is 6. The maximum Gasteiger partial charge on any atom is 0.418 e. The van der Waals surface area contributed by atoms with E-state index in [1.807, 2.05) is 0 Å². The highest BCUT2D eigenvalue weighted by atomic mass is 19.1. The molecule has 2 aliphatic rings. The number of aryl methyl sites for hydroxylation is 1. The number of halogens is 1. The summed E-state index contributed by atoms with van der Waals surface area (Å²) in [4.78, 5) is 53.0. The second-order valence-corrected chi connectivity index (χ2v) is 8.87. The Kier molecular flexibility index (Phi) is 6.58. The largest absolute Gasteiger partial charge is 0.427 e. The van der Waals surface area contributed by atoms with Crippen molar-refractivity contribution in [3.05, 3.63) is 65.0 Å². The van der Waals surface area contributed by atoms with Crippen LogP contribution in [0.5, 0.6) is 0 Å². The molecule has 1 unspecified atom stereocenters. The number of hydrogen-bond donors (Lipinski definition) is 2. The van der Waals surface area contributed by atoms with Gasteiger partial charge in [0.05, 0.1) is 0 Å². The van der Waals surface area contributed by atoms with Crippen LogP contribution < -0.4 is 11.1 Å². The zero-order chi connectivity index (χ0) is 25.3. The summed E-state index contributed by atoms with van der Waals surface area (Å²) in [6.07, 6.45) is -0.159. The van der Waals surface area contributed by atoms with E-state index in [4.69, 9.17) is 10.5 Å². The third kappa shape index (κ3) is 4.61. The fraction of sp³-hybridized carbons (Fsp3) is 0.360. The van der Waals surface area contributed by atoms with Crippen LogP contribution in [0.1, 0.15) is 37.0 Å². The Morgan fingerprint density at radius 3 is 2.60 bits per heavy atom. The van der Waals surface area contributed by atoms with Gasteiger partial charge in [0.1, 0.15) is 12.4 Å². The van der Waals surface area contributed by atoms with E-state index in [0.29, 0.717) is 23.2 Å². The molecule has 184 valence electrons. The number of nitrogens with two attached hydrogens (primary N) is 1. The summed E-state index contributed by atoms with van der Waals surface area (Å²) in [5.74, 6) is -1.68. The highest BCUT2D eigenvalue weighted by Gasteiger charge is 2.58. The number of ether oxygens (including phenoxy) is 1. The van der Waals surface area contributed by atoms with E-state index in [1.54, 1.807) is 37.3 Å². The van der Waals surface area contributed by atoms with Crippen molar-refractivity contribution in [3.8, 4) is 0 Å². The van der Waals surface area contributed by atoms with Crippen LogP contribution in [0.15, 0.2) is 42.5 Å². The van der Waals surface area contributed by atoms with Crippen LogP contribution in [0, 0.1) is 5.82 Å². The molecule has 1 spiro atoms. The van der Waals surface area contributed by atoms with E-state index in [2.05, 4.69) is 5.32 Å². The minimum Gasteiger partial charge on any atom is -0.427 e. The van der Waals surface area contributed by atoms with Gasteiger partial charge in [0.25, 0.3) is 5.91 Å². The van der Waals surface area contributed by atoms with Crippen molar-refractivity contribution in [1.29, 1.82) is 0 Å². The van der Waals surface area contributed by atoms with Gasteiger partial charge in [0.2, 0.25) is 17.4 Å². The van der Waals surface area contributed by atoms with Crippen LogP contribution in [-0.4, -0.2) is 52.7 Å². The Hall–Kier alpha value is -3.79. The van der Waals surface area contributed by atoms with E-state index in [-0.39, 0.29) is 31.5 Å². The van der Waals surface area contributed by atoms with Gasteiger partial charge in [0, 0.05) is 43.7 Å². The molecule has 4 amide bonds. The first-order valence-corrected chi connectivity index (χ1v) is 11.3. The minimum absolute atomic E-state index is 0.147. The minimum atomic E-state index is -1.48. The predicted molar refractivity (Wildman–Crippen MR) is 124 cm³/mol. The predicted octanol–water partition coefficient (Wildman–Crippen LogP) is 2.28. The Labute approximate surface area is 202 Å². The Bertz CT molecular complexity index is 1180. The molecule has 0 aromatic heterocycles. The van der Waals surface area contributed by atoms with Crippen molar-refractivity contribution in [2.75, 3.05) is 18.4 Å². The molecule has 35 heavy (non-hydrogen) atoms. The average Bonchev–Trinajstić information content (AvgIpc) is 3.29. The number of nitrogens with zero attached hydrogens (tertiary/aromatic N) is 2. The highest BCUT2D eigenvalue weighted by molar-refractivity contribution is 6.06. The number of amides is 4. The van der Waals surface area contributed by atoms with Crippen LogP contribution in [0.25, 0.3) is 0 Å². The van der Waals surface area contributed by atoms with Crippen LogP contribution in [-0.2, 0) is 37.7 Å². The van der Waals surface area contributed by atoms with Crippen molar-refractivity contribution in [1.82, 2.24) is 9.80 Å². The molecule has 0 bridgehead atoms. The third-order valence-electron chi connectivity index (χ3n) is 6.43. The van der Waals surface area contributed by atoms with Gasteiger partial charge in [-0.2, -0.15) is 0 Å². The van der Waals surface area contributed by atoms with E-state index in [1.165, 1.54) is 24.0 Å². The molecule has 0 radical (unpaired) electrons. The summed E-state index contributed by atoms with van der Waals surface area (Å²) in [6.45, 7) is 2.97. The van der Waals surface area contributed by atoms with Crippen molar-refractivity contribution >= 4 is 29.5 Å². The molecule has 2 aromatic carbocycles. The van der Waals surface area contributed by atoms with Crippen molar-refractivity contribution < 1.29 is 28.3 Å². The number of carbonyl (C=O) groups is 4. The summed E-state index contributed by atoms with van der Waals surface area (Å²) < 4.78 is 18.9. The zero-order valence-electron chi connectivity index (χ0n) is 19.5. The number of imide groups is 1. The molecule has 1 aliphatic heterocycles. The molecule has 9 nitrogen and oxygen atoms in total. The quantitative estimate of drug-likeness (QED) is 0.624. The third-order valence-corrected chi connectivity index (χ3v) is 6.43. The average molecular weight is 483 g/mol. The van der Waals surface area contributed by atoms with E-state index in [9.17, 15) is 23.6 Å². The maximum absolute atomic E-state index is 13.4. The van der Waals surface area contributed by atoms with Crippen LogP contribution in [0.3, 0.4) is 0 Å². The summed E-state index contributed by atoms with van der Waals surface area (Å²) in [7, 11) is 0. The van der Waals surface area contributed by atoms with Gasteiger partial charge in [-0.25, -0.2) is 14.1 Å². The molecule has 1 fully saturated rings. The van der Waals surface area contributed by atoms with Gasteiger partial charge in [0.15, 0.2) is 0 Å². The lowest BCUT2D eigenvalue weighted by molar-refractivity contribution is -0.142. The van der Waals surface area contributed by atoms with Gasteiger partial charge < -0.3 is 20.7 Å². The van der Waals surface area contributed by atoms with Gasteiger partial charge in [-0.05, 0) is 48.7 Å². The van der Waals surface area contributed by atoms with E-state index in [0.717, 1.165) is 10.5 Å². The van der Waals surface area contributed by atoms with Crippen molar-refractivity contribution in [3.63, 3.8) is 0 Å². The number of benzene rings is 2. The zero-order valence-corrected chi connectivity index (χ0v) is 19.5. The molecule has 1 saturated heterocycles. The summed E-state index contributed by atoms with van der Waals surface area (Å²) in [5.41, 5.74) is 6.93. The molecular formula is C25H27FN4O5. The fourth-order valence-electron chi connectivity index (χ4n) is 4.56. The van der Waals surface area contributed by atoms with E-state index >= 15 is 0 Å². The number of nitrogens with one attached hydrogen (secondary N) is 1. The Morgan fingerprint density at radius 2 is 1.94 bits per heavy atom. The monoisotopic (exact) mass is 482 g/mol. The maximum atomic E-state index is 13.4. The number of rotatable bonds is 7. The van der Waals surface area contributed by atoms with Gasteiger partial charge in [-0.3, -0.25) is 14.4 Å². The van der Waals surface area contributed by atoms with E-state index < -0.39 is 35.9 Å². The molecule has 2 atom stereocenters. The lowest BCUT2D eigenvalue weighted by atomic mass is 9.94. The van der Waals surface area contributed by atoms with Crippen molar-refractivity contribution in [2.45, 2.75) is 44.9 Å². The fourth-order valence-corrected chi connectivity index (χ4v) is 4.56. The Morgan fingerprint density at radius 1 is 1.23 bits per heavy atom. The molecule has 0 saturated carbocycles. The summed E-state index contributed by atoms with van der Waals surface area (Å²) in [6, 6.07) is 10.4. The first-order chi connectivity index (χ1) is 16.6. The topological polar surface area (TPSA) is 122 Å². The molecule has 1 heterocycles. The van der Waals surface area contributed by atoms with Crippen LogP contribution in [0.4, 0.5) is 14.9 Å². The summed E-state index contributed by atoms with van der Waals surface area (Å²) in [5, 5.41) is 2.70. The van der Waals surface area contributed by atoms with Gasteiger partial charge in [-0.15, -0.1) is 0 Å².